The van der Waals surface area contributed by atoms with E-state index in [0.717, 1.165) is 0 Å². The van der Waals surface area contributed by atoms with Crippen molar-refractivity contribution in [3.8, 4) is 0 Å². The van der Waals surface area contributed by atoms with Crippen molar-refractivity contribution in [1.82, 2.24) is 14.4 Å². The van der Waals surface area contributed by atoms with E-state index in [1.54, 1.807) is 23.0 Å². The summed E-state index contributed by atoms with van der Waals surface area (Å²) in [4.78, 5) is 10.5. The van der Waals surface area contributed by atoms with E-state index in [4.69, 9.17) is 5.84 Å². The highest BCUT2D eigenvalue weighted by Crippen LogP contribution is 2.22. The van der Waals surface area contributed by atoms with Crippen LogP contribution in [0.5, 0.6) is 0 Å². The standard InChI is InChI=1S/C10H14N6O2S/c11-14-8-7-16-2-1-12-9(16)10(13-8)15-3-5-19(17,18)6-4-15/h1-2,7,14H,3-6,11H2. The van der Waals surface area contributed by atoms with E-state index in [9.17, 15) is 8.42 Å². The van der Waals surface area contributed by atoms with Crippen LogP contribution in [-0.4, -0.2) is 47.4 Å². The second kappa shape index (κ2) is 4.35. The predicted octanol–water partition coefficient (Wildman–Crippen LogP) is -0.750. The number of nitrogen functional groups attached to an aromatic ring is 1. The SMILES string of the molecule is NNc1cn2ccnc2c(N2CCS(=O)(=O)CC2)n1. The Balaban J connectivity index is 2.02. The predicted molar refractivity (Wildman–Crippen MR) is 71.7 cm³/mol. The van der Waals surface area contributed by atoms with Gasteiger partial charge in [0.2, 0.25) is 0 Å². The lowest BCUT2D eigenvalue weighted by Gasteiger charge is -2.28. The van der Waals surface area contributed by atoms with E-state index in [1.165, 1.54) is 0 Å². The number of nitrogens with one attached hydrogen (secondary N) is 1. The zero-order valence-electron chi connectivity index (χ0n) is 10.2. The van der Waals surface area contributed by atoms with Crippen LogP contribution in [0.4, 0.5) is 11.6 Å². The van der Waals surface area contributed by atoms with Crippen molar-refractivity contribution in [3.05, 3.63) is 18.6 Å². The molecule has 0 aliphatic carbocycles. The lowest BCUT2D eigenvalue weighted by Crippen LogP contribution is -2.41. The maximum Gasteiger partial charge on any atom is 0.180 e. The molecule has 0 amide bonds. The van der Waals surface area contributed by atoms with Crippen molar-refractivity contribution in [2.75, 3.05) is 34.9 Å². The van der Waals surface area contributed by atoms with Gasteiger partial charge in [0, 0.05) is 25.5 Å². The summed E-state index contributed by atoms with van der Waals surface area (Å²) in [6.07, 6.45) is 5.19. The summed E-state index contributed by atoms with van der Waals surface area (Å²) in [5.74, 6) is 6.83. The molecule has 2 aromatic rings. The Labute approximate surface area is 110 Å². The van der Waals surface area contributed by atoms with Crippen molar-refractivity contribution in [2.45, 2.75) is 0 Å². The highest BCUT2D eigenvalue weighted by atomic mass is 32.2. The Bertz CT molecular complexity index is 696. The highest BCUT2D eigenvalue weighted by molar-refractivity contribution is 7.91. The quantitative estimate of drug-likeness (QED) is 0.551. The molecule has 0 bridgehead atoms. The number of imidazole rings is 1. The van der Waals surface area contributed by atoms with Crippen LogP contribution in [0.25, 0.3) is 5.65 Å². The number of nitrogens with zero attached hydrogens (tertiary/aromatic N) is 4. The zero-order valence-corrected chi connectivity index (χ0v) is 11.0. The Morgan fingerprint density at radius 1 is 1.32 bits per heavy atom. The summed E-state index contributed by atoms with van der Waals surface area (Å²) >= 11 is 0. The fraction of sp³-hybridized carbons (Fsp3) is 0.400. The molecule has 9 heteroatoms. The van der Waals surface area contributed by atoms with Gasteiger partial charge >= 0.3 is 0 Å². The number of anilines is 2. The zero-order chi connectivity index (χ0) is 13.5. The van der Waals surface area contributed by atoms with Gasteiger partial charge in [-0.25, -0.2) is 24.2 Å². The van der Waals surface area contributed by atoms with Gasteiger partial charge in [-0.05, 0) is 0 Å². The number of nitrogens with two attached hydrogens (primary N) is 1. The summed E-state index contributed by atoms with van der Waals surface area (Å²) < 4.78 is 24.7. The number of sulfone groups is 1. The average molecular weight is 282 g/mol. The van der Waals surface area contributed by atoms with E-state index in [0.29, 0.717) is 30.4 Å². The summed E-state index contributed by atoms with van der Waals surface area (Å²) in [6.45, 7) is 0.845. The minimum atomic E-state index is -2.92. The van der Waals surface area contributed by atoms with E-state index >= 15 is 0 Å². The van der Waals surface area contributed by atoms with Crippen molar-refractivity contribution < 1.29 is 8.42 Å². The van der Waals surface area contributed by atoms with Gasteiger partial charge in [0.05, 0.1) is 17.7 Å². The van der Waals surface area contributed by atoms with Gasteiger partial charge in [-0.3, -0.25) is 0 Å². The van der Waals surface area contributed by atoms with Gasteiger partial charge in [-0.15, -0.1) is 0 Å². The van der Waals surface area contributed by atoms with Crippen molar-refractivity contribution in [1.29, 1.82) is 0 Å². The van der Waals surface area contributed by atoms with Crippen LogP contribution in [0.15, 0.2) is 18.6 Å². The van der Waals surface area contributed by atoms with Gasteiger partial charge in [0.25, 0.3) is 0 Å². The molecule has 1 aliphatic heterocycles. The van der Waals surface area contributed by atoms with Gasteiger partial charge in [0.1, 0.15) is 0 Å². The fourth-order valence-electron chi connectivity index (χ4n) is 2.12. The van der Waals surface area contributed by atoms with Gasteiger partial charge in [-0.1, -0.05) is 0 Å². The first kappa shape index (κ1) is 12.2. The lowest BCUT2D eigenvalue weighted by molar-refractivity contribution is 0.586. The number of fused-ring (bicyclic) bond motifs is 1. The molecule has 3 rings (SSSR count). The van der Waals surface area contributed by atoms with E-state index < -0.39 is 9.84 Å². The highest BCUT2D eigenvalue weighted by Gasteiger charge is 2.24. The second-order valence-corrected chi connectivity index (χ2v) is 6.69. The van der Waals surface area contributed by atoms with Crippen molar-refractivity contribution in [2.24, 2.45) is 5.84 Å². The topological polar surface area (TPSA) is 106 Å². The molecule has 0 atom stereocenters. The van der Waals surface area contributed by atoms with Gasteiger partial charge < -0.3 is 14.7 Å². The monoisotopic (exact) mass is 282 g/mol. The molecule has 19 heavy (non-hydrogen) atoms. The minimum Gasteiger partial charge on any atom is -0.351 e. The molecule has 2 aromatic heterocycles. The summed E-state index contributed by atoms with van der Waals surface area (Å²) in [6, 6.07) is 0. The Hall–Kier alpha value is -1.87. The summed E-state index contributed by atoms with van der Waals surface area (Å²) in [5.41, 5.74) is 3.19. The normalized spacial score (nSPS) is 18.7. The number of hydrogen-bond donors (Lipinski definition) is 2. The van der Waals surface area contributed by atoms with Crippen LogP contribution in [0, 0.1) is 0 Å². The number of aromatic nitrogens is 3. The Kier molecular flexibility index (Phi) is 2.79. The molecule has 0 spiro atoms. The van der Waals surface area contributed by atoms with E-state index in [-0.39, 0.29) is 11.5 Å². The van der Waals surface area contributed by atoms with Crippen LogP contribution in [-0.2, 0) is 9.84 Å². The third-order valence-corrected chi connectivity index (χ3v) is 4.76. The first-order valence-electron chi connectivity index (χ1n) is 5.85. The molecule has 0 radical (unpaired) electrons. The molecule has 1 aliphatic rings. The van der Waals surface area contributed by atoms with Crippen LogP contribution in [0.2, 0.25) is 0 Å². The van der Waals surface area contributed by atoms with Crippen LogP contribution in [0.3, 0.4) is 0 Å². The average Bonchev–Trinajstić information content (AvgIpc) is 2.86. The first-order chi connectivity index (χ1) is 9.09. The molecule has 1 fully saturated rings. The third-order valence-electron chi connectivity index (χ3n) is 3.15. The molecule has 102 valence electrons. The molecule has 0 aromatic carbocycles. The summed E-state index contributed by atoms with van der Waals surface area (Å²) in [5, 5.41) is 0. The third kappa shape index (κ3) is 2.22. The summed E-state index contributed by atoms with van der Waals surface area (Å²) in [7, 11) is -2.92. The van der Waals surface area contributed by atoms with E-state index in [1.807, 2.05) is 4.90 Å². The number of hydrogen-bond acceptors (Lipinski definition) is 7. The van der Waals surface area contributed by atoms with Crippen molar-refractivity contribution >= 4 is 27.1 Å². The van der Waals surface area contributed by atoms with Gasteiger partial charge in [-0.2, -0.15) is 0 Å². The Morgan fingerprint density at radius 2 is 2.05 bits per heavy atom. The molecule has 0 unspecified atom stereocenters. The largest absolute Gasteiger partial charge is 0.351 e. The molecule has 3 heterocycles. The maximum atomic E-state index is 11.5. The maximum absolute atomic E-state index is 11.5. The molecular weight excluding hydrogens is 268 g/mol. The molecular formula is C10H14N6O2S. The van der Waals surface area contributed by atoms with Crippen LogP contribution < -0.4 is 16.2 Å². The number of hydrazine groups is 1. The molecule has 0 saturated carbocycles. The van der Waals surface area contributed by atoms with E-state index in [2.05, 4.69) is 15.4 Å². The Morgan fingerprint density at radius 3 is 2.74 bits per heavy atom. The smallest absolute Gasteiger partial charge is 0.180 e. The van der Waals surface area contributed by atoms with Crippen LogP contribution >= 0.6 is 0 Å². The molecule has 1 saturated heterocycles. The minimum absolute atomic E-state index is 0.141. The lowest BCUT2D eigenvalue weighted by atomic mass is 10.4. The second-order valence-electron chi connectivity index (χ2n) is 4.39. The van der Waals surface area contributed by atoms with Crippen LogP contribution in [0.1, 0.15) is 0 Å². The fourth-order valence-corrected chi connectivity index (χ4v) is 3.32. The molecule has 8 nitrogen and oxygen atoms in total. The molecule has 3 N–H and O–H groups in total. The van der Waals surface area contributed by atoms with Gasteiger partial charge in [0.15, 0.2) is 27.1 Å². The van der Waals surface area contributed by atoms with Crippen molar-refractivity contribution in [3.63, 3.8) is 0 Å². The number of rotatable bonds is 2. The first-order valence-corrected chi connectivity index (χ1v) is 7.67.